The van der Waals surface area contributed by atoms with Crippen LogP contribution in [-0.2, 0) is 9.53 Å². The van der Waals surface area contributed by atoms with Crippen molar-refractivity contribution in [3.8, 4) is 0 Å². The van der Waals surface area contributed by atoms with Gasteiger partial charge in [0.25, 0.3) is 5.91 Å². The molecule has 1 atom stereocenters. The Bertz CT molecular complexity index is 491. The van der Waals surface area contributed by atoms with Crippen molar-refractivity contribution in [3.05, 3.63) is 26.6 Å². The van der Waals surface area contributed by atoms with Crippen LogP contribution in [0.15, 0.2) is 21.1 Å². The Kier molecular flexibility index (Phi) is 5.15. The Morgan fingerprint density at radius 1 is 1.39 bits per heavy atom. The maximum atomic E-state index is 12.0. The van der Waals surface area contributed by atoms with Gasteiger partial charge < -0.3 is 15.8 Å². The lowest BCUT2D eigenvalue weighted by molar-refractivity contribution is -0.142. The molecule has 0 aliphatic rings. The molecule has 18 heavy (non-hydrogen) atoms. The molecule has 1 aromatic rings. The number of esters is 1. The molecule has 98 valence electrons. The minimum atomic E-state index is -0.736. The van der Waals surface area contributed by atoms with Crippen molar-refractivity contribution in [1.82, 2.24) is 5.32 Å². The van der Waals surface area contributed by atoms with E-state index >= 15 is 0 Å². The fourth-order valence-corrected chi connectivity index (χ4v) is 2.51. The number of halogens is 2. The van der Waals surface area contributed by atoms with Crippen molar-refractivity contribution >= 4 is 49.4 Å². The van der Waals surface area contributed by atoms with Crippen LogP contribution in [0.25, 0.3) is 0 Å². The Morgan fingerprint density at radius 2 is 2.00 bits per heavy atom. The SMILES string of the molecule is COC(=O)C(C)NC(=O)c1cc(Br)cc(Br)c1N. The lowest BCUT2D eigenvalue weighted by Gasteiger charge is -2.13. The summed E-state index contributed by atoms with van der Waals surface area (Å²) in [5.41, 5.74) is 6.39. The van der Waals surface area contributed by atoms with Crippen molar-refractivity contribution in [2.75, 3.05) is 12.8 Å². The van der Waals surface area contributed by atoms with Gasteiger partial charge in [-0.25, -0.2) is 4.79 Å². The number of carbonyl (C=O) groups is 2. The van der Waals surface area contributed by atoms with E-state index < -0.39 is 17.9 Å². The number of benzene rings is 1. The molecule has 0 radical (unpaired) electrons. The van der Waals surface area contributed by atoms with E-state index in [2.05, 4.69) is 41.9 Å². The van der Waals surface area contributed by atoms with E-state index in [1.807, 2.05) is 0 Å². The van der Waals surface area contributed by atoms with Gasteiger partial charge in [0.2, 0.25) is 0 Å². The third kappa shape index (κ3) is 3.46. The van der Waals surface area contributed by atoms with Crippen LogP contribution in [0.5, 0.6) is 0 Å². The topological polar surface area (TPSA) is 81.4 Å². The number of methoxy groups -OCH3 is 1. The molecule has 1 aromatic carbocycles. The summed E-state index contributed by atoms with van der Waals surface area (Å²) in [6, 6.07) is 2.58. The summed E-state index contributed by atoms with van der Waals surface area (Å²) >= 11 is 6.51. The number of nitrogens with one attached hydrogen (secondary N) is 1. The lowest BCUT2D eigenvalue weighted by Crippen LogP contribution is -2.39. The van der Waals surface area contributed by atoms with Gasteiger partial charge in [0.1, 0.15) is 6.04 Å². The van der Waals surface area contributed by atoms with Gasteiger partial charge >= 0.3 is 5.97 Å². The van der Waals surface area contributed by atoms with Crippen LogP contribution < -0.4 is 11.1 Å². The zero-order valence-corrected chi connectivity index (χ0v) is 13.0. The highest BCUT2D eigenvalue weighted by atomic mass is 79.9. The Morgan fingerprint density at radius 3 is 2.56 bits per heavy atom. The van der Waals surface area contributed by atoms with E-state index in [9.17, 15) is 9.59 Å². The summed E-state index contributed by atoms with van der Waals surface area (Å²) in [4.78, 5) is 23.2. The highest BCUT2D eigenvalue weighted by Crippen LogP contribution is 2.28. The fraction of sp³-hybridized carbons (Fsp3) is 0.273. The molecule has 0 aliphatic heterocycles. The second kappa shape index (κ2) is 6.19. The lowest BCUT2D eigenvalue weighted by atomic mass is 10.1. The van der Waals surface area contributed by atoms with Crippen LogP contribution in [0, 0.1) is 0 Å². The van der Waals surface area contributed by atoms with Gasteiger partial charge in [0, 0.05) is 8.95 Å². The first kappa shape index (κ1) is 15.0. The minimum absolute atomic E-state index is 0.284. The summed E-state index contributed by atoms with van der Waals surface area (Å²) in [6.07, 6.45) is 0. The molecule has 0 aliphatic carbocycles. The molecule has 7 heteroatoms. The standard InChI is InChI=1S/C11H12Br2N2O3/c1-5(11(17)18-2)15-10(16)7-3-6(12)4-8(13)9(7)14/h3-5H,14H2,1-2H3,(H,15,16). The molecule has 0 fully saturated rings. The summed E-state index contributed by atoms with van der Waals surface area (Å²) in [5.74, 6) is -0.955. The van der Waals surface area contributed by atoms with Gasteiger partial charge in [-0.1, -0.05) is 15.9 Å². The van der Waals surface area contributed by atoms with Crippen LogP contribution in [0.1, 0.15) is 17.3 Å². The van der Waals surface area contributed by atoms with E-state index in [-0.39, 0.29) is 5.56 Å². The van der Waals surface area contributed by atoms with E-state index in [1.54, 1.807) is 12.1 Å². The molecule has 0 bridgehead atoms. The van der Waals surface area contributed by atoms with Gasteiger partial charge in [-0.3, -0.25) is 4.79 Å². The molecule has 3 N–H and O–H groups in total. The second-order valence-electron chi connectivity index (χ2n) is 3.57. The van der Waals surface area contributed by atoms with Crippen molar-refractivity contribution < 1.29 is 14.3 Å². The molecule has 0 spiro atoms. The summed E-state index contributed by atoms with van der Waals surface area (Å²) in [7, 11) is 1.26. The number of nitrogen functional groups attached to an aromatic ring is 1. The number of rotatable bonds is 3. The van der Waals surface area contributed by atoms with Crippen molar-refractivity contribution in [3.63, 3.8) is 0 Å². The first-order valence-electron chi connectivity index (χ1n) is 5.00. The molecule has 0 saturated heterocycles. The van der Waals surface area contributed by atoms with E-state index in [4.69, 9.17) is 5.73 Å². The van der Waals surface area contributed by atoms with Gasteiger partial charge in [-0.05, 0) is 35.0 Å². The second-order valence-corrected chi connectivity index (χ2v) is 5.34. The van der Waals surface area contributed by atoms with E-state index in [1.165, 1.54) is 14.0 Å². The Balaban J connectivity index is 2.95. The molecule has 5 nitrogen and oxygen atoms in total. The van der Waals surface area contributed by atoms with Crippen LogP contribution in [0.4, 0.5) is 5.69 Å². The van der Waals surface area contributed by atoms with Crippen LogP contribution in [-0.4, -0.2) is 25.0 Å². The molecule has 1 amide bonds. The zero-order valence-electron chi connectivity index (χ0n) is 9.79. The predicted octanol–water partition coefficient (Wildman–Crippen LogP) is 2.09. The highest BCUT2D eigenvalue weighted by molar-refractivity contribution is 9.11. The van der Waals surface area contributed by atoms with Gasteiger partial charge in [-0.2, -0.15) is 0 Å². The number of hydrogen-bond donors (Lipinski definition) is 2. The summed E-state index contributed by atoms with van der Waals surface area (Å²) in [6.45, 7) is 1.53. The molecule has 1 unspecified atom stereocenters. The Labute approximate surface area is 121 Å². The molecule has 1 rings (SSSR count). The van der Waals surface area contributed by atoms with Crippen molar-refractivity contribution in [2.45, 2.75) is 13.0 Å². The third-order valence-electron chi connectivity index (χ3n) is 2.24. The zero-order chi connectivity index (χ0) is 13.9. The van der Waals surface area contributed by atoms with Crippen molar-refractivity contribution in [1.29, 1.82) is 0 Å². The van der Waals surface area contributed by atoms with Crippen LogP contribution in [0.2, 0.25) is 0 Å². The number of carbonyl (C=O) groups excluding carboxylic acids is 2. The van der Waals surface area contributed by atoms with Crippen LogP contribution >= 0.6 is 31.9 Å². The van der Waals surface area contributed by atoms with Crippen LogP contribution in [0.3, 0.4) is 0 Å². The van der Waals surface area contributed by atoms with Gasteiger partial charge in [-0.15, -0.1) is 0 Å². The third-order valence-corrected chi connectivity index (χ3v) is 3.36. The minimum Gasteiger partial charge on any atom is -0.467 e. The normalized spacial score (nSPS) is 11.8. The summed E-state index contributed by atoms with van der Waals surface area (Å²) < 4.78 is 5.84. The molecule has 0 saturated carbocycles. The summed E-state index contributed by atoms with van der Waals surface area (Å²) in [5, 5.41) is 2.51. The molecule has 0 heterocycles. The van der Waals surface area contributed by atoms with Crippen molar-refractivity contribution in [2.24, 2.45) is 0 Å². The fourth-order valence-electron chi connectivity index (χ4n) is 1.28. The number of nitrogens with two attached hydrogens (primary N) is 1. The average molecular weight is 380 g/mol. The number of hydrogen-bond acceptors (Lipinski definition) is 4. The number of anilines is 1. The quantitative estimate of drug-likeness (QED) is 0.622. The smallest absolute Gasteiger partial charge is 0.328 e. The molecule has 0 aromatic heterocycles. The first-order chi connectivity index (χ1) is 8.36. The van der Waals surface area contributed by atoms with E-state index in [0.29, 0.717) is 14.6 Å². The van der Waals surface area contributed by atoms with Gasteiger partial charge in [0.05, 0.1) is 18.4 Å². The highest BCUT2D eigenvalue weighted by Gasteiger charge is 2.19. The maximum Gasteiger partial charge on any atom is 0.328 e. The number of amides is 1. The molecular formula is C11H12Br2N2O3. The first-order valence-corrected chi connectivity index (χ1v) is 6.58. The Hall–Kier alpha value is -1.08. The average Bonchev–Trinajstić information content (AvgIpc) is 2.32. The molecular weight excluding hydrogens is 368 g/mol. The predicted molar refractivity (Wildman–Crippen MR) is 75.2 cm³/mol. The van der Waals surface area contributed by atoms with E-state index in [0.717, 1.165) is 0 Å². The maximum absolute atomic E-state index is 12.0. The van der Waals surface area contributed by atoms with Gasteiger partial charge in [0.15, 0.2) is 0 Å². The monoisotopic (exact) mass is 378 g/mol. The largest absolute Gasteiger partial charge is 0.467 e. The number of ether oxygens (including phenoxy) is 1.